The summed E-state index contributed by atoms with van der Waals surface area (Å²) >= 11 is 6.72. The molecular formula is C23H30N4O2S2. The Hall–Kier alpha value is -2.11. The van der Waals surface area contributed by atoms with Crippen LogP contribution in [0.1, 0.15) is 57.7 Å². The first-order valence-corrected chi connectivity index (χ1v) is 12.0. The van der Waals surface area contributed by atoms with E-state index in [1.807, 2.05) is 26.8 Å². The number of pyridine rings is 1. The maximum atomic E-state index is 13.1. The second-order valence-electron chi connectivity index (χ2n) is 8.89. The highest BCUT2D eigenvalue weighted by Gasteiger charge is 2.35. The van der Waals surface area contributed by atoms with Crippen LogP contribution in [0, 0.1) is 30.1 Å². The number of nitriles is 1. The van der Waals surface area contributed by atoms with Gasteiger partial charge < -0.3 is 4.90 Å². The molecule has 0 aromatic carbocycles. The van der Waals surface area contributed by atoms with Crippen LogP contribution in [-0.4, -0.2) is 38.8 Å². The van der Waals surface area contributed by atoms with Crippen molar-refractivity contribution >= 4 is 46.1 Å². The fourth-order valence-electron chi connectivity index (χ4n) is 4.67. The second-order valence-corrected chi connectivity index (χ2v) is 10.6. The van der Waals surface area contributed by atoms with Crippen LogP contribution in [0.2, 0.25) is 0 Å². The summed E-state index contributed by atoms with van der Waals surface area (Å²) in [5.41, 5.74) is 1.25. The smallest absolute Gasteiger partial charge is 0.270 e. The van der Waals surface area contributed by atoms with Crippen LogP contribution in [0.5, 0.6) is 0 Å². The number of hydrogen-bond acceptors (Lipinski definition) is 6. The van der Waals surface area contributed by atoms with Crippen molar-refractivity contribution < 1.29 is 4.79 Å². The topological polar surface area (TPSA) is 69.3 Å². The molecule has 1 amide bonds. The zero-order valence-electron chi connectivity index (χ0n) is 19.1. The lowest BCUT2D eigenvalue weighted by atomic mass is 9.91. The Morgan fingerprint density at radius 2 is 1.87 bits per heavy atom. The van der Waals surface area contributed by atoms with Crippen molar-refractivity contribution in [1.82, 2.24) is 9.47 Å². The number of hydrogen-bond donors (Lipinski definition) is 0. The number of piperidine rings is 1. The van der Waals surface area contributed by atoms with Gasteiger partial charge in [0, 0.05) is 31.2 Å². The van der Waals surface area contributed by atoms with Crippen molar-refractivity contribution in [3.05, 3.63) is 31.9 Å². The van der Waals surface area contributed by atoms with Crippen LogP contribution in [0.3, 0.4) is 0 Å². The van der Waals surface area contributed by atoms with Gasteiger partial charge in [-0.1, -0.05) is 37.8 Å². The molecule has 2 aliphatic heterocycles. The number of carbonyl (C=O) groups excluding carboxylic acids is 1. The standard InChI is InChI=1S/C23H30N4O2S2/c1-7-26-20(25-11-14(4)8-15(5)12-25)17(16(6)18(10-24)21(26)28)9-19-22(29)27(13(2)3)23(30)31-19/h9,13-15H,7-8,11-12H2,1-6H3/b19-9+. The average Bonchev–Trinajstić information content (AvgIpc) is 2.96. The minimum absolute atomic E-state index is 0.0259. The molecule has 0 aliphatic carbocycles. The zero-order chi connectivity index (χ0) is 23.0. The zero-order valence-corrected chi connectivity index (χ0v) is 20.7. The molecule has 0 N–H and O–H groups in total. The first-order chi connectivity index (χ1) is 14.6. The first-order valence-electron chi connectivity index (χ1n) is 10.8. The largest absolute Gasteiger partial charge is 0.357 e. The fraction of sp³-hybridized carbons (Fsp3) is 0.565. The van der Waals surface area contributed by atoms with Crippen molar-refractivity contribution in [1.29, 1.82) is 5.26 Å². The van der Waals surface area contributed by atoms with Gasteiger partial charge in [-0.05, 0) is 57.6 Å². The summed E-state index contributed by atoms with van der Waals surface area (Å²) in [5, 5.41) is 9.70. The normalized spacial score (nSPS) is 23.2. The monoisotopic (exact) mass is 458 g/mol. The van der Waals surface area contributed by atoms with E-state index < -0.39 is 0 Å². The van der Waals surface area contributed by atoms with Crippen molar-refractivity contribution in [3.8, 4) is 6.07 Å². The maximum absolute atomic E-state index is 13.1. The lowest BCUT2D eigenvalue weighted by Crippen LogP contribution is -2.42. The highest BCUT2D eigenvalue weighted by molar-refractivity contribution is 8.26. The van der Waals surface area contributed by atoms with E-state index in [9.17, 15) is 14.9 Å². The predicted molar refractivity (Wildman–Crippen MR) is 131 cm³/mol. The van der Waals surface area contributed by atoms with Crippen molar-refractivity contribution in [2.45, 2.75) is 60.5 Å². The highest BCUT2D eigenvalue weighted by atomic mass is 32.2. The molecule has 2 aliphatic rings. The minimum Gasteiger partial charge on any atom is -0.357 e. The SMILES string of the molecule is CCn1c(N2CC(C)CC(C)C2)c(/C=C2/SC(=S)N(C(C)C)C2=O)c(C)c(C#N)c1=O. The number of aromatic nitrogens is 1. The van der Waals surface area contributed by atoms with Gasteiger partial charge in [0.1, 0.15) is 21.8 Å². The van der Waals surface area contributed by atoms with Gasteiger partial charge in [-0.3, -0.25) is 19.1 Å². The summed E-state index contributed by atoms with van der Waals surface area (Å²) in [6.45, 7) is 14.2. The number of thiocarbonyl (C=S) groups is 1. The van der Waals surface area contributed by atoms with Crippen LogP contribution in [0.15, 0.2) is 9.70 Å². The fourth-order valence-corrected chi connectivity index (χ4v) is 6.18. The van der Waals surface area contributed by atoms with Gasteiger partial charge in [-0.15, -0.1) is 0 Å². The molecule has 3 heterocycles. The van der Waals surface area contributed by atoms with Gasteiger partial charge >= 0.3 is 0 Å². The Morgan fingerprint density at radius 3 is 2.35 bits per heavy atom. The number of carbonyl (C=O) groups is 1. The molecule has 0 saturated carbocycles. The first kappa shape index (κ1) is 23.6. The Labute approximate surface area is 193 Å². The molecule has 0 bridgehead atoms. The number of nitrogens with zero attached hydrogens (tertiary/aromatic N) is 4. The van der Waals surface area contributed by atoms with E-state index in [4.69, 9.17) is 12.2 Å². The highest BCUT2D eigenvalue weighted by Crippen LogP contribution is 2.37. The van der Waals surface area contributed by atoms with Crippen LogP contribution >= 0.6 is 24.0 Å². The van der Waals surface area contributed by atoms with Gasteiger partial charge in [0.05, 0.1) is 4.91 Å². The maximum Gasteiger partial charge on any atom is 0.270 e. The third-order valence-electron chi connectivity index (χ3n) is 5.95. The van der Waals surface area contributed by atoms with Crippen LogP contribution in [-0.2, 0) is 11.3 Å². The van der Waals surface area contributed by atoms with Gasteiger partial charge in [0.2, 0.25) is 0 Å². The molecule has 166 valence electrons. The summed E-state index contributed by atoms with van der Waals surface area (Å²) in [6, 6.07) is 2.06. The number of thioether (sulfide) groups is 1. The summed E-state index contributed by atoms with van der Waals surface area (Å²) < 4.78 is 2.22. The lowest BCUT2D eigenvalue weighted by molar-refractivity contribution is -0.123. The van der Waals surface area contributed by atoms with Crippen molar-refractivity contribution in [2.24, 2.45) is 11.8 Å². The molecule has 2 unspecified atom stereocenters. The molecule has 31 heavy (non-hydrogen) atoms. The molecule has 8 heteroatoms. The van der Waals surface area contributed by atoms with Crippen LogP contribution < -0.4 is 10.5 Å². The number of rotatable bonds is 4. The van der Waals surface area contributed by atoms with Gasteiger partial charge in [-0.2, -0.15) is 5.26 Å². The molecule has 6 nitrogen and oxygen atoms in total. The molecule has 1 aromatic rings. The lowest BCUT2D eigenvalue weighted by Gasteiger charge is -2.38. The van der Waals surface area contributed by atoms with Gasteiger partial charge in [0.25, 0.3) is 11.5 Å². The van der Waals surface area contributed by atoms with Crippen molar-refractivity contribution in [2.75, 3.05) is 18.0 Å². The third-order valence-corrected chi connectivity index (χ3v) is 7.28. The Morgan fingerprint density at radius 1 is 1.26 bits per heavy atom. The molecule has 0 spiro atoms. The van der Waals surface area contributed by atoms with E-state index in [-0.39, 0.29) is 23.1 Å². The van der Waals surface area contributed by atoms with Gasteiger partial charge in [-0.25, -0.2) is 0 Å². The summed E-state index contributed by atoms with van der Waals surface area (Å²) in [7, 11) is 0. The molecule has 1 aromatic heterocycles. The third kappa shape index (κ3) is 4.31. The summed E-state index contributed by atoms with van der Waals surface area (Å²) in [5.74, 6) is 1.67. The Balaban J connectivity index is 2.26. The molecular weight excluding hydrogens is 428 g/mol. The van der Waals surface area contributed by atoms with E-state index in [1.165, 1.54) is 11.8 Å². The molecule has 3 rings (SSSR count). The minimum atomic E-state index is -0.268. The molecule has 2 fully saturated rings. The van der Waals surface area contributed by atoms with E-state index in [2.05, 4.69) is 24.8 Å². The number of anilines is 1. The predicted octanol–water partition coefficient (Wildman–Crippen LogP) is 4.14. The number of amides is 1. The quantitative estimate of drug-likeness (QED) is 0.499. The average molecular weight is 459 g/mol. The Bertz CT molecular complexity index is 1040. The summed E-state index contributed by atoms with van der Waals surface area (Å²) in [6.07, 6.45) is 2.98. The Kier molecular flexibility index (Phi) is 6.97. The van der Waals surface area contributed by atoms with Gasteiger partial charge in [0.15, 0.2) is 0 Å². The molecule has 0 radical (unpaired) electrons. The molecule has 2 atom stereocenters. The summed E-state index contributed by atoms with van der Waals surface area (Å²) in [4.78, 5) is 30.6. The van der Waals surface area contributed by atoms with E-state index >= 15 is 0 Å². The van der Waals surface area contributed by atoms with Crippen LogP contribution in [0.4, 0.5) is 5.82 Å². The van der Waals surface area contributed by atoms with Crippen LogP contribution in [0.25, 0.3) is 6.08 Å². The van der Waals surface area contributed by atoms with E-state index in [1.54, 1.807) is 16.4 Å². The van der Waals surface area contributed by atoms with E-state index in [0.717, 1.165) is 30.9 Å². The second kappa shape index (κ2) is 9.17. The van der Waals surface area contributed by atoms with Crippen molar-refractivity contribution in [3.63, 3.8) is 0 Å². The molecule has 2 saturated heterocycles. The van der Waals surface area contributed by atoms with E-state index in [0.29, 0.717) is 33.2 Å².